The molecule has 1 aromatic heterocycles. The zero-order chi connectivity index (χ0) is 24.3. The Bertz CT molecular complexity index is 1360. The number of rotatable bonds is 8. The Balaban J connectivity index is 1.45. The molecule has 0 spiro atoms. The van der Waals surface area contributed by atoms with Crippen molar-refractivity contribution in [2.75, 3.05) is 6.61 Å². The number of hydrogen-bond acceptors (Lipinski definition) is 5. The summed E-state index contributed by atoms with van der Waals surface area (Å²) < 4.78 is 6.79. The van der Waals surface area contributed by atoms with Crippen molar-refractivity contribution in [3.05, 3.63) is 106 Å². The normalized spacial score (nSPS) is 12.4. The van der Waals surface area contributed by atoms with E-state index >= 15 is 0 Å². The molecule has 1 heterocycles. The lowest BCUT2D eigenvalue weighted by Crippen LogP contribution is -2.34. The first-order valence-corrected chi connectivity index (χ1v) is 11.0. The van der Waals surface area contributed by atoms with Gasteiger partial charge in [0.15, 0.2) is 5.69 Å². The van der Waals surface area contributed by atoms with Crippen molar-refractivity contribution in [3.8, 4) is 5.75 Å². The summed E-state index contributed by atoms with van der Waals surface area (Å²) in [4.78, 5) is 24.6. The van der Waals surface area contributed by atoms with Gasteiger partial charge < -0.3 is 15.6 Å². The zero-order valence-corrected chi connectivity index (χ0v) is 19.1. The molecule has 4 aromatic rings. The first kappa shape index (κ1) is 23.2. The molecular weight excluding hydrogens is 430 g/mol. The van der Waals surface area contributed by atoms with Gasteiger partial charge in [0.2, 0.25) is 0 Å². The van der Waals surface area contributed by atoms with Crippen molar-refractivity contribution in [1.29, 1.82) is 0 Å². The first-order valence-electron chi connectivity index (χ1n) is 11.0. The van der Waals surface area contributed by atoms with Gasteiger partial charge in [0, 0.05) is 10.8 Å². The average molecular weight is 458 g/mol. The maximum absolute atomic E-state index is 12.8. The van der Waals surface area contributed by atoms with E-state index in [2.05, 4.69) is 31.1 Å². The Kier molecular flexibility index (Phi) is 6.47. The zero-order valence-electron chi connectivity index (χ0n) is 19.1. The van der Waals surface area contributed by atoms with Crippen molar-refractivity contribution in [2.24, 2.45) is 5.73 Å². The summed E-state index contributed by atoms with van der Waals surface area (Å²) >= 11 is 0. The number of nitrogens with two attached hydrogens (primary N) is 1. The lowest BCUT2D eigenvalue weighted by atomic mass is 9.78. The third-order valence-corrected chi connectivity index (χ3v) is 6.00. The van der Waals surface area contributed by atoms with E-state index in [1.165, 1.54) is 5.56 Å². The molecule has 0 fully saturated rings. The molecule has 0 radical (unpaired) electrons. The fourth-order valence-electron chi connectivity index (χ4n) is 3.97. The Labute approximate surface area is 197 Å². The number of amides is 1. The van der Waals surface area contributed by atoms with E-state index in [0.717, 1.165) is 10.2 Å². The topological polar surface area (TPSA) is 107 Å². The molecule has 174 valence electrons. The van der Waals surface area contributed by atoms with Crippen LogP contribution in [0.3, 0.4) is 0 Å². The molecule has 3 aromatic carbocycles. The number of benzene rings is 3. The lowest BCUT2D eigenvalue weighted by Gasteiger charge is -2.26. The number of aliphatic hydroxyl groups is 1. The van der Waals surface area contributed by atoms with Crippen LogP contribution in [0.5, 0.6) is 5.75 Å². The largest absolute Gasteiger partial charge is 0.491 e. The maximum Gasteiger partial charge on any atom is 0.274 e. The average Bonchev–Trinajstić information content (AvgIpc) is 2.85. The van der Waals surface area contributed by atoms with Crippen LogP contribution in [0.1, 0.15) is 35.5 Å². The Hall–Kier alpha value is -3.97. The molecule has 0 bridgehead atoms. The van der Waals surface area contributed by atoms with Crippen molar-refractivity contribution in [1.82, 2.24) is 9.78 Å². The molecule has 0 saturated carbocycles. The van der Waals surface area contributed by atoms with Gasteiger partial charge in [-0.15, -0.1) is 0 Å². The van der Waals surface area contributed by atoms with Crippen molar-refractivity contribution < 1.29 is 14.6 Å². The minimum atomic E-state index is -1.02. The number of nitrogens with zero attached hydrogens (tertiary/aromatic N) is 2. The number of fused-ring (bicyclic) bond motifs is 1. The summed E-state index contributed by atoms with van der Waals surface area (Å²) in [5, 5.41) is 15.3. The number of hydrogen-bond donors (Lipinski definition) is 2. The molecule has 7 nitrogen and oxygen atoms in total. The fraction of sp³-hybridized carbons (Fsp3) is 0.222. The number of carbonyl (C=O) groups is 1. The van der Waals surface area contributed by atoms with E-state index in [1.54, 1.807) is 24.3 Å². The molecular formula is C27H27N3O4. The van der Waals surface area contributed by atoms with Crippen LogP contribution in [-0.2, 0) is 12.0 Å². The quantitative estimate of drug-likeness (QED) is 0.422. The Morgan fingerprint density at radius 2 is 1.56 bits per heavy atom. The molecule has 1 amide bonds. The first-order chi connectivity index (χ1) is 16.3. The van der Waals surface area contributed by atoms with E-state index < -0.39 is 17.6 Å². The van der Waals surface area contributed by atoms with Crippen LogP contribution in [-0.4, -0.2) is 33.5 Å². The Morgan fingerprint density at radius 3 is 2.21 bits per heavy atom. The van der Waals surface area contributed by atoms with Gasteiger partial charge in [-0.05, 0) is 29.3 Å². The second-order valence-electron chi connectivity index (χ2n) is 8.73. The van der Waals surface area contributed by atoms with Gasteiger partial charge in [-0.3, -0.25) is 9.59 Å². The van der Waals surface area contributed by atoms with Gasteiger partial charge >= 0.3 is 0 Å². The van der Waals surface area contributed by atoms with Crippen LogP contribution in [0.15, 0.2) is 83.7 Å². The van der Waals surface area contributed by atoms with E-state index in [0.29, 0.717) is 16.5 Å². The molecule has 3 N–H and O–H groups in total. The summed E-state index contributed by atoms with van der Waals surface area (Å²) in [6.07, 6.45) is -1.02. The molecule has 1 atom stereocenters. The highest BCUT2D eigenvalue weighted by Crippen LogP contribution is 2.32. The number of aliphatic hydroxyl groups excluding tert-OH is 1. The van der Waals surface area contributed by atoms with Gasteiger partial charge in [-0.1, -0.05) is 74.5 Å². The van der Waals surface area contributed by atoms with Crippen molar-refractivity contribution in [2.45, 2.75) is 31.9 Å². The second-order valence-corrected chi connectivity index (χ2v) is 8.73. The van der Waals surface area contributed by atoms with Crippen LogP contribution in [0, 0.1) is 0 Å². The molecule has 7 heteroatoms. The summed E-state index contributed by atoms with van der Waals surface area (Å²) in [7, 11) is 0. The number of carbonyl (C=O) groups excluding carboxylic acids is 1. The maximum atomic E-state index is 12.8. The fourth-order valence-corrected chi connectivity index (χ4v) is 3.97. The van der Waals surface area contributed by atoms with Crippen molar-refractivity contribution in [3.63, 3.8) is 0 Å². The molecule has 34 heavy (non-hydrogen) atoms. The van der Waals surface area contributed by atoms with E-state index in [9.17, 15) is 14.7 Å². The van der Waals surface area contributed by atoms with Crippen LogP contribution in [0.25, 0.3) is 10.8 Å². The van der Waals surface area contributed by atoms with E-state index in [4.69, 9.17) is 10.5 Å². The highest BCUT2D eigenvalue weighted by atomic mass is 16.5. The summed E-state index contributed by atoms with van der Waals surface area (Å²) in [5.74, 6) is -0.141. The molecule has 4 rings (SSSR count). The number of ether oxygens (including phenoxy) is 1. The van der Waals surface area contributed by atoms with Gasteiger partial charge in [-0.25, -0.2) is 4.68 Å². The van der Waals surface area contributed by atoms with Crippen LogP contribution in [0.4, 0.5) is 0 Å². The predicted octanol–water partition coefficient (Wildman–Crippen LogP) is 3.26. The molecule has 0 aliphatic rings. The van der Waals surface area contributed by atoms with Gasteiger partial charge in [0.05, 0.1) is 11.9 Å². The highest BCUT2D eigenvalue weighted by molar-refractivity contribution is 6.03. The highest BCUT2D eigenvalue weighted by Gasteiger charge is 2.23. The minimum absolute atomic E-state index is 0.0139. The monoisotopic (exact) mass is 457 g/mol. The molecule has 0 aliphatic carbocycles. The Morgan fingerprint density at radius 1 is 0.971 bits per heavy atom. The van der Waals surface area contributed by atoms with E-state index in [-0.39, 0.29) is 24.3 Å². The van der Waals surface area contributed by atoms with E-state index in [1.807, 2.05) is 42.5 Å². The smallest absolute Gasteiger partial charge is 0.274 e. The second kappa shape index (κ2) is 9.49. The van der Waals surface area contributed by atoms with Gasteiger partial charge in [-0.2, -0.15) is 5.10 Å². The SMILES string of the molecule is CC(C)(c1ccccc1)c1ccc(OCC(O)Cn2nc(C(N)=O)c3ccccc3c2=O)cc1. The summed E-state index contributed by atoms with van der Waals surface area (Å²) in [5.41, 5.74) is 7.20. The lowest BCUT2D eigenvalue weighted by molar-refractivity contribution is 0.0871. The third kappa shape index (κ3) is 4.70. The van der Waals surface area contributed by atoms with Crippen LogP contribution < -0.4 is 16.0 Å². The standard InChI is InChI=1S/C27H27N3O4/c1-27(2,18-8-4-3-5-9-18)19-12-14-21(15-13-19)34-17-20(31)16-30-26(33)23-11-7-6-10-22(23)24(29-30)25(28)32/h3-15,20,31H,16-17H2,1-2H3,(H2,28,32). The van der Waals surface area contributed by atoms with Gasteiger partial charge in [0.25, 0.3) is 11.5 Å². The number of primary amides is 1. The minimum Gasteiger partial charge on any atom is -0.491 e. The predicted molar refractivity (Wildman–Crippen MR) is 131 cm³/mol. The molecule has 1 unspecified atom stereocenters. The summed E-state index contributed by atoms with van der Waals surface area (Å²) in [6.45, 7) is 4.14. The number of aromatic nitrogens is 2. The van der Waals surface area contributed by atoms with Crippen LogP contribution >= 0.6 is 0 Å². The third-order valence-electron chi connectivity index (χ3n) is 6.00. The summed E-state index contributed by atoms with van der Waals surface area (Å²) in [6, 6.07) is 24.6. The molecule has 0 saturated heterocycles. The van der Waals surface area contributed by atoms with Crippen LogP contribution in [0.2, 0.25) is 0 Å². The molecule has 0 aliphatic heterocycles. The van der Waals surface area contributed by atoms with Gasteiger partial charge in [0.1, 0.15) is 18.5 Å². The van der Waals surface area contributed by atoms with Crippen molar-refractivity contribution >= 4 is 16.7 Å².